The van der Waals surface area contributed by atoms with Gasteiger partial charge in [0.25, 0.3) is 0 Å². The topological polar surface area (TPSA) is 44.3 Å². The van der Waals surface area contributed by atoms with Gasteiger partial charge in [-0.25, -0.2) is 0 Å². The Balaban J connectivity index is 1.70. The van der Waals surface area contributed by atoms with E-state index in [4.69, 9.17) is 14.5 Å². The van der Waals surface area contributed by atoms with E-state index in [-0.39, 0.29) is 0 Å². The van der Waals surface area contributed by atoms with Gasteiger partial charge in [-0.1, -0.05) is 6.42 Å². The van der Waals surface area contributed by atoms with Crippen molar-refractivity contribution in [3.63, 3.8) is 0 Å². The number of hydrogen-bond acceptors (Lipinski definition) is 3. The van der Waals surface area contributed by atoms with Crippen molar-refractivity contribution < 1.29 is 19.8 Å². The quantitative estimate of drug-likeness (QED) is 0.603. The van der Waals surface area contributed by atoms with E-state index in [0.29, 0.717) is 0 Å². The Hall–Kier alpha value is -0.160. The van der Waals surface area contributed by atoms with Crippen LogP contribution in [0.5, 0.6) is 0 Å². The molecule has 0 amide bonds. The van der Waals surface area contributed by atoms with Crippen LogP contribution in [0.1, 0.15) is 44.9 Å². The zero-order chi connectivity index (χ0) is 10.2. The van der Waals surface area contributed by atoms with Crippen LogP contribution in [-0.2, 0) is 14.5 Å². The number of ether oxygens (including phenoxy) is 1. The Morgan fingerprint density at radius 1 is 0.733 bits per heavy atom. The summed E-state index contributed by atoms with van der Waals surface area (Å²) in [6, 6.07) is 0. The first-order chi connectivity index (χ1) is 7.33. The minimum absolute atomic E-state index is 0.393. The van der Waals surface area contributed by atoms with Crippen LogP contribution in [0.2, 0.25) is 0 Å². The zero-order valence-electron chi connectivity index (χ0n) is 9.17. The molecule has 86 valence electrons. The standard InChI is InChI=1S/C11H19NO3/c1-2-4-10(5-3-1)13-11(15-14-10)6-8-12-9-7-11/h12H,1-9H2/p+1. The van der Waals surface area contributed by atoms with Gasteiger partial charge in [-0.15, -0.1) is 0 Å². The predicted molar refractivity (Wildman–Crippen MR) is 52.7 cm³/mol. The van der Waals surface area contributed by atoms with Gasteiger partial charge in [0.05, 0.1) is 25.9 Å². The van der Waals surface area contributed by atoms with Crippen molar-refractivity contribution in [1.29, 1.82) is 0 Å². The average molecular weight is 214 g/mol. The summed E-state index contributed by atoms with van der Waals surface area (Å²) in [7, 11) is 0. The first-order valence-electron chi connectivity index (χ1n) is 6.21. The fourth-order valence-corrected chi connectivity index (χ4v) is 2.90. The Morgan fingerprint density at radius 2 is 1.33 bits per heavy atom. The second kappa shape index (κ2) is 3.70. The van der Waals surface area contributed by atoms with Crippen LogP contribution in [-0.4, -0.2) is 24.7 Å². The molecule has 4 nitrogen and oxygen atoms in total. The summed E-state index contributed by atoms with van der Waals surface area (Å²) in [4.78, 5) is 11.1. The molecule has 0 unspecified atom stereocenters. The Bertz CT molecular complexity index is 208. The molecule has 2 N–H and O–H groups in total. The highest BCUT2D eigenvalue weighted by Gasteiger charge is 2.54. The van der Waals surface area contributed by atoms with E-state index in [1.807, 2.05) is 0 Å². The summed E-state index contributed by atoms with van der Waals surface area (Å²) in [5.74, 6) is -0.804. The molecule has 2 saturated heterocycles. The van der Waals surface area contributed by atoms with Gasteiger partial charge in [0.1, 0.15) is 0 Å². The van der Waals surface area contributed by atoms with E-state index in [1.165, 1.54) is 19.3 Å². The van der Waals surface area contributed by atoms with Crippen LogP contribution >= 0.6 is 0 Å². The molecule has 0 aromatic rings. The first-order valence-corrected chi connectivity index (χ1v) is 6.21. The maximum atomic E-state index is 6.15. The van der Waals surface area contributed by atoms with Crippen LogP contribution in [0, 0.1) is 0 Å². The van der Waals surface area contributed by atoms with Crippen LogP contribution in [0.3, 0.4) is 0 Å². The van der Waals surface area contributed by atoms with Gasteiger partial charge in [0.15, 0.2) is 0 Å². The summed E-state index contributed by atoms with van der Waals surface area (Å²) >= 11 is 0. The highest BCUT2D eigenvalue weighted by molar-refractivity contribution is 4.83. The minimum atomic E-state index is -0.411. The maximum absolute atomic E-state index is 6.15. The third-order valence-electron chi connectivity index (χ3n) is 3.79. The molecule has 0 atom stereocenters. The lowest BCUT2D eigenvalue weighted by molar-refractivity contribution is -0.674. The molecule has 0 radical (unpaired) electrons. The highest BCUT2D eigenvalue weighted by Crippen LogP contribution is 2.45. The van der Waals surface area contributed by atoms with Crippen molar-refractivity contribution in [3.05, 3.63) is 0 Å². The fraction of sp³-hybridized carbons (Fsp3) is 1.00. The molecule has 0 aromatic carbocycles. The van der Waals surface area contributed by atoms with Crippen LogP contribution in [0.15, 0.2) is 0 Å². The molecule has 3 rings (SSSR count). The summed E-state index contributed by atoms with van der Waals surface area (Å²) in [5.41, 5.74) is 0. The second-order valence-electron chi connectivity index (χ2n) is 5.02. The normalized spacial score (nSPS) is 33.6. The Morgan fingerprint density at radius 3 is 2.00 bits per heavy atom. The summed E-state index contributed by atoms with van der Waals surface area (Å²) in [6.07, 6.45) is 7.60. The number of quaternary nitrogens is 1. The third-order valence-corrected chi connectivity index (χ3v) is 3.79. The summed E-state index contributed by atoms with van der Waals surface area (Å²) in [6.45, 7) is 2.17. The molecule has 3 aliphatic rings. The van der Waals surface area contributed by atoms with Gasteiger partial charge in [0, 0.05) is 12.8 Å². The van der Waals surface area contributed by atoms with E-state index >= 15 is 0 Å². The van der Waals surface area contributed by atoms with Crippen LogP contribution < -0.4 is 5.32 Å². The minimum Gasteiger partial charge on any atom is -0.346 e. The smallest absolute Gasteiger partial charge is 0.215 e. The molecule has 0 aromatic heterocycles. The predicted octanol–water partition coefficient (Wildman–Crippen LogP) is 0.679. The van der Waals surface area contributed by atoms with Crippen LogP contribution in [0.25, 0.3) is 0 Å². The van der Waals surface area contributed by atoms with E-state index in [9.17, 15) is 0 Å². The highest BCUT2D eigenvalue weighted by atomic mass is 17.3. The monoisotopic (exact) mass is 214 g/mol. The fourth-order valence-electron chi connectivity index (χ4n) is 2.90. The zero-order valence-corrected chi connectivity index (χ0v) is 9.17. The average Bonchev–Trinajstić information content (AvgIpc) is 2.60. The summed E-state index contributed by atoms with van der Waals surface area (Å²) < 4.78 is 6.15. The lowest BCUT2D eigenvalue weighted by atomic mass is 9.93. The van der Waals surface area contributed by atoms with Crippen molar-refractivity contribution >= 4 is 0 Å². The van der Waals surface area contributed by atoms with Gasteiger partial charge < -0.3 is 10.1 Å². The maximum Gasteiger partial charge on any atom is 0.215 e. The van der Waals surface area contributed by atoms with Crippen molar-refractivity contribution in [1.82, 2.24) is 0 Å². The van der Waals surface area contributed by atoms with Crippen molar-refractivity contribution in [2.24, 2.45) is 0 Å². The Labute approximate surface area is 90.2 Å². The molecule has 15 heavy (non-hydrogen) atoms. The summed E-state index contributed by atoms with van der Waals surface area (Å²) in [5, 5.41) is 2.31. The lowest BCUT2D eigenvalue weighted by Gasteiger charge is -2.32. The number of nitrogens with two attached hydrogens (primary N) is 1. The number of piperidine rings is 1. The first kappa shape index (κ1) is 10.0. The van der Waals surface area contributed by atoms with Gasteiger partial charge in [-0.05, 0) is 12.8 Å². The van der Waals surface area contributed by atoms with E-state index < -0.39 is 11.6 Å². The molecule has 4 heteroatoms. The van der Waals surface area contributed by atoms with Gasteiger partial charge in [0.2, 0.25) is 11.6 Å². The van der Waals surface area contributed by atoms with Gasteiger partial charge in [-0.3, -0.25) is 0 Å². The molecule has 1 saturated carbocycles. The number of rotatable bonds is 0. The molecule has 2 heterocycles. The van der Waals surface area contributed by atoms with Crippen molar-refractivity contribution in [2.45, 2.75) is 56.5 Å². The molecule has 2 aliphatic heterocycles. The second-order valence-corrected chi connectivity index (χ2v) is 5.02. The van der Waals surface area contributed by atoms with Crippen LogP contribution in [0.4, 0.5) is 0 Å². The van der Waals surface area contributed by atoms with E-state index in [1.54, 1.807) is 0 Å². The van der Waals surface area contributed by atoms with Gasteiger partial charge in [-0.2, -0.15) is 9.78 Å². The molecule has 3 fully saturated rings. The molecule has 1 aliphatic carbocycles. The largest absolute Gasteiger partial charge is 0.346 e. The van der Waals surface area contributed by atoms with Gasteiger partial charge >= 0.3 is 0 Å². The molecular weight excluding hydrogens is 194 g/mol. The van der Waals surface area contributed by atoms with E-state index in [0.717, 1.165) is 38.8 Å². The third kappa shape index (κ3) is 1.80. The molecule has 2 spiro atoms. The van der Waals surface area contributed by atoms with Crippen molar-refractivity contribution in [3.8, 4) is 0 Å². The molecular formula is C11H20NO3+. The SMILES string of the molecule is C1CCC2(CC1)OOC1(CC[NH2+]CC1)O2. The molecule has 0 bridgehead atoms. The number of hydrogen-bond donors (Lipinski definition) is 1. The van der Waals surface area contributed by atoms with E-state index in [2.05, 4.69) is 5.32 Å². The Kier molecular flexibility index (Phi) is 2.47. The lowest BCUT2D eigenvalue weighted by Crippen LogP contribution is -2.88. The van der Waals surface area contributed by atoms with Crippen molar-refractivity contribution in [2.75, 3.05) is 13.1 Å².